The number of aromatic nitrogens is 2. The number of carbonyl (C=O) groups is 1. The van der Waals surface area contributed by atoms with E-state index in [-0.39, 0.29) is 11.9 Å². The minimum Gasteiger partial charge on any atom is -0.497 e. The van der Waals surface area contributed by atoms with Gasteiger partial charge in [0.1, 0.15) is 11.4 Å². The maximum Gasteiger partial charge on any atom is 0.257 e. The van der Waals surface area contributed by atoms with Gasteiger partial charge in [0.15, 0.2) is 0 Å². The second-order valence-electron chi connectivity index (χ2n) is 6.62. The monoisotopic (exact) mass is 343 g/mol. The normalized spacial score (nSPS) is 19.7. The quantitative estimate of drug-likeness (QED) is 0.905. The van der Waals surface area contributed by atoms with Crippen LogP contribution in [0.15, 0.2) is 36.7 Å². The zero-order chi connectivity index (χ0) is 18.0. The SMILES string of the molecule is CCn1cc(C(=O)N2CCCC2C(C)(O)c2ccc(OC)cc2)cn1. The van der Waals surface area contributed by atoms with Gasteiger partial charge in [0, 0.05) is 19.3 Å². The van der Waals surface area contributed by atoms with Gasteiger partial charge in [-0.1, -0.05) is 12.1 Å². The highest BCUT2D eigenvalue weighted by Crippen LogP contribution is 2.36. The molecule has 3 rings (SSSR count). The van der Waals surface area contributed by atoms with Crippen LogP contribution >= 0.6 is 0 Å². The standard InChI is InChI=1S/C19H25N3O3/c1-4-21-13-14(12-20-21)18(23)22-11-5-6-17(22)19(2,24)15-7-9-16(25-3)10-8-15/h7-10,12-13,17,24H,4-6,11H2,1-3H3. The van der Waals surface area contributed by atoms with E-state index in [4.69, 9.17) is 4.74 Å². The fraction of sp³-hybridized carbons (Fsp3) is 0.474. The molecule has 0 bridgehead atoms. The van der Waals surface area contributed by atoms with Crippen LogP contribution in [-0.2, 0) is 12.1 Å². The lowest BCUT2D eigenvalue weighted by Gasteiger charge is -2.37. The van der Waals surface area contributed by atoms with Gasteiger partial charge in [-0.25, -0.2) is 0 Å². The number of rotatable bonds is 5. The molecular weight excluding hydrogens is 318 g/mol. The second-order valence-corrected chi connectivity index (χ2v) is 6.62. The van der Waals surface area contributed by atoms with Crippen LogP contribution in [0.25, 0.3) is 0 Å². The molecule has 2 atom stereocenters. The van der Waals surface area contributed by atoms with E-state index >= 15 is 0 Å². The summed E-state index contributed by atoms with van der Waals surface area (Å²) < 4.78 is 6.92. The largest absolute Gasteiger partial charge is 0.497 e. The molecule has 1 fully saturated rings. The molecule has 2 aromatic rings. The molecule has 6 heteroatoms. The molecule has 0 aliphatic carbocycles. The highest BCUT2D eigenvalue weighted by molar-refractivity contribution is 5.94. The first kappa shape index (κ1) is 17.5. The highest BCUT2D eigenvalue weighted by Gasteiger charge is 2.43. The van der Waals surface area contributed by atoms with Gasteiger partial charge >= 0.3 is 0 Å². The van der Waals surface area contributed by atoms with Crippen molar-refractivity contribution < 1.29 is 14.6 Å². The van der Waals surface area contributed by atoms with Gasteiger partial charge in [-0.2, -0.15) is 5.10 Å². The number of aryl methyl sites for hydroxylation is 1. The highest BCUT2D eigenvalue weighted by atomic mass is 16.5. The van der Waals surface area contributed by atoms with Crippen molar-refractivity contribution in [1.82, 2.24) is 14.7 Å². The molecule has 2 unspecified atom stereocenters. The number of methoxy groups -OCH3 is 1. The minimum absolute atomic E-state index is 0.0732. The molecule has 1 aromatic heterocycles. The van der Waals surface area contributed by atoms with Gasteiger partial charge in [0.05, 0.1) is 24.9 Å². The van der Waals surface area contributed by atoms with Crippen molar-refractivity contribution in [3.8, 4) is 5.75 Å². The van der Waals surface area contributed by atoms with Crippen molar-refractivity contribution in [3.63, 3.8) is 0 Å². The molecule has 1 aliphatic heterocycles. The van der Waals surface area contributed by atoms with Crippen molar-refractivity contribution in [3.05, 3.63) is 47.8 Å². The van der Waals surface area contributed by atoms with Gasteiger partial charge < -0.3 is 14.7 Å². The molecule has 134 valence electrons. The number of hydrogen-bond donors (Lipinski definition) is 1. The number of amides is 1. The van der Waals surface area contributed by atoms with Crippen molar-refractivity contribution in [2.24, 2.45) is 0 Å². The van der Waals surface area contributed by atoms with Crippen LogP contribution in [0.2, 0.25) is 0 Å². The van der Waals surface area contributed by atoms with E-state index in [1.54, 1.807) is 36.0 Å². The molecular formula is C19H25N3O3. The average Bonchev–Trinajstić information content (AvgIpc) is 3.30. The first-order valence-corrected chi connectivity index (χ1v) is 8.67. The molecule has 1 N–H and O–H groups in total. The number of hydrogen-bond acceptors (Lipinski definition) is 4. The van der Waals surface area contributed by atoms with Crippen LogP contribution in [0.3, 0.4) is 0 Å². The summed E-state index contributed by atoms with van der Waals surface area (Å²) in [6.45, 7) is 5.13. The lowest BCUT2D eigenvalue weighted by molar-refractivity contribution is -0.0177. The van der Waals surface area contributed by atoms with Crippen LogP contribution in [0.1, 0.15) is 42.6 Å². The molecule has 6 nitrogen and oxygen atoms in total. The molecule has 0 radical (unpaired) electrons. The van der Waals surface area contributed by atoms with E-state index in [9.17, 15) is 9.90 Å². The van der Waals surface area contributed by atoms with E-state index in [1.165, 1.54) is 0 Å². The summed E-state index contributed by atoms with van der Waals surface area (Å²) >= 11 is 0. The predicted octanol–water partition coefficient (Wildman–Crippen LogP) is 2.42. The number of benzene rings is 1. The molecule has 1 aromatic carbocycles. The zero-order valence-electron chi connectivity index (χ0n) is 15.0. The van der Waals surface area contributed by atoms with Gasteiger partial charge in [0.25, 0.3) is 5.91 Å². The fourth-order valence-corrected chi connectivity index (χ4v) is 3.53. The number of nitrogens with zero attached hydrogens (tertiary/aromatic N) is 3. The van der Waals surface area contributed by atoms with E-state index in [0.717, 1.165) is 30.7 Å². The Hall–Kier alpha value is -2.34. The summed E-state index contributed by atoms with van der Waals surface area (Å²) in [6, 6.07) is 7.11. The van der Waals surface area contributed by atoms with E-state index < -0.39 is 5.60 Å². The third kappa shape index (κ3) is 3.26. The van der Waals surface area contributed by atoms with E-state index in [1.807, 2.05) is 31.2 Å². The Morgan fingerprint density at radius 1 is 1.40 bits per heavy atom. The second kappa shape index (κ2) is 6.88. The summed E-state index contributed by atoms with van der Waals surface area (Å²) in [5, 5.41) is 15.4. The van der Waals surface area contributed by atoms with Crippen LogP contribution in [0.5, 0.6) is 5.75 Å². The Morgan fingerprint density at radius 2 is 2.12 bits per heavy atom. The summed E-state index contributed by atoms with van der Waals surface area (Å²) in [7, 11) is 1.61. The Kier molecular flexibility index (Phi) is 4.81. The molecule has 0 saturated carbocycles. The maximum atomic E-state index is 12.9. The molecule has 2 heterocycles. The smallest absolute Gasteiger partial charge is 0.257 e. The van der Waals surface area contributed by atoms with Crippen LogP contribution in [-0.4, -0.2) is 45.4 Å². The fourth-order valence-electron chi connectivity index (χ4n) is 3.53. The van der Waals surface area contributed by atoms with E-state index in [0.29, 0.717) is 12.1 Å². The van der Waals surface area contributed by atoms with Crippen LogP contribution in [0.4, 0.5) is 0 Å². The molecule has 0 spiro atoms. The van der Waals surface area contributed by atoms with Crippen molar-refractivity contribution >= 4 is 5.91 Å². The predicted molar refractivity (Wildman–Crippen MR) is 94.5 cm³/mol. The third-order valence-electron chi connectivity index (χ3n) is 5.04. The minimum atomic E-state index is -1.13. The summed E-state index contributed by atoms with van der Waals surface area (Å²) in [5.74, 6) is 0.668. The van der Waals surface area contributed by atoms with Gasteiger partial charge in [0.2, 0.25) is 0 Å². The summed E-state index contributed by atoms with van der Waals surface area (Å²) in [4.78, 5) is 14.7. The van der Waals surface area contributed by atoms with Crippen molar-refractivity contribution in [2.45, 2.75) is 44.9 Å². The maximum absolute atomic E-state index is 12.9. The lowest BCUT2D eigenvalue weighted by atomic mass is 9.86. The Balaban J connectivity index is 1.85. The molecule has 25 heavy (non-hydrogen) atoms. The Labute approximate surface area is 148 Å². The summed E-state index contributed by atoms with van der Waals surface area (Å²) in [5.41, 5.74) is 0.223. The number of aliphatic hydroxyl groups is 1. The zero-order valence-corrected chi connectivity index (χ0v) is 15.0. The van der Waals surface area contributed by atoms with Crippen LogP contribution in [0, 0.1) is 0 Å². The molecule has 1 aliphatic rings. The van der Waals surface area contributed by atoms with E-state index in [2.05, 4.69) is 5.10 Å². The molecule has 1 saturated heterocycles. The Morgan fingerprint density at radius 3 is 2.72 bits per heavy atom. The number of likely N-dealkylation sites (tertiary alicyclic amines) is 1. The van der Waals surface area contributed by atoms with Crippen LogP contribution < -0.4 is 4.74 Å². The molecule has 1 amide bonds. The topological polar surface area (TPSA) is 67.6 Å². The van der Waals surface area contributed by atoms with Gasteiger partial charge in [-0.05, 0) is 44.4 Å². The average molecular weight is 343 g/mol. The van der Waals surface area contributed by atoms with Crippen molar-refractivity contribution in [1.29, 1.82) is 0 Å². The van der Waals surface area contributed by atoms with Crippen molar-refractivity contribution in [2.75, 3.05) is 13.7 Å². The lowest BCUT2D eigenvalue weighted by Crippen LogP contribution is -2.48. The number of carbonyl (C=O) groups excluding carboxylic acids is 1. The first-order chi connectivity index (χ1) is 12.0. The van der Waals surface area contributed by atoms with Gasteiger partial charge in [-0.15, -0.1) is 0 Å². The Bertz CT molecular complexity index is 737. The first-order valence-electron chi connectivity index (χ1n) is 8.67. The third-order valence-corrected chi connectivity index (χ3v) is 5.04. The van der Waals surface area contributed by atoms with Gasteiger partial charge in [-0.3, -0.25) is 9.48 Å². The number of ether oxygens (including phenoxy) is 1. The summed E-state index contributed by atoms with van der Waals surface area (Å²) in [6.07, 6.45) is 5.01.